The lowest BCUT2D eigenvalue weighted by Gasteiger charge is -2.29. The number of fused-ring (bicyclic) bond motifs is 1. The van der Waals surface area contributed by atoms with Crippen LogP contribution in [0.5, 0.6) is 0 Å². The first-order chi connectivity index (χ1) is 9.85. The summed E-state index contributed by atoms with van der Waals surface area (Å²) in [5.74, 6) is 0.159. The summed E-state index contributed by atoms with van der Waals surface area (Å²) >= 11 is 5.82. The summed E-state index contributed by atoms with van der Waals surface area (Å²) in [7, 11) is 0. The number of halogens is 1. The van der Waals surface area contributed by atoms with Crippen LogP contribution in [0.2, 0.25) is 0 Å². The van der Waals surface area contributed by atoms with Gasteiger partial charge in [-0.05, 0) is 44.4 Å². The molecule has 1 aliphatic heterocycles. The van der Waals surface area contributed by atoms with E-state index < -0.39 is 5.41 Å². The number of nitrogens with zero attached hydrogens (tertiary/aromatic N) is 1. The molecule has 0 spiro atoms. The molecule has 1 heterocycles. The maximum absolute atomic E-state index is 12.2. The molecule has 21 heavy (non-hydrogen) atoms. The van der Waals surface area contributed by atoms with Crippen molar-refractivity contribution in [1.82, 2.24) is 0 Å². The van der Waals surface area contributed by atoms with Crippen molar-refractivity contribution in [3.05, 3.63) is 23.8 Å². The lowest BCUT2D eigenvalue weighted by molar-refractivity contribution is -0.123. The minimum atomic E-state index is -0.627. The molecule has 0 fully saturated rings. The highest BCUT2D eigenvalue weighted by Crippen LogP contribution is 2.31. The summed E-state index contributed by atoms with van der Waals surface area (Å²) in [4.78, 5) is 25.7. The van der Waals surface area contributed by atoms with E-state index >= 15 is 0 Å². The number of rotatable bonds is 3. The van der Waals surface area contributed by atoms with Gasteiger partial charge in [0.2, 0.25) is 11.8 Å². The van der Waals surface area contributed by atoms with Crippen LogP contribution in [0.15, 0.2) is 18.2 Å². The van der Waals surface area contributed by atoms with Crippen LogP contribution in [0.4, 0.5) is 11.4 Å². The van der Waals surface area contributed by atoms with Gasteiger partial charge in [-0.25, -0.2) is 0 Å². The van der Waals surface area contributed by atoms with Crippen molar-refractivity contribution in [2.24, 2.45) is 5.41 Å². The van der Waals surface area contributed by atoms with Crippen molar-refractivity contribution in [2.75, 3.05) is 22.6 Å². The van der Waals surface area contributed by atoms with Gasteiger partial charge in [-0.1, -0.05) is 6.07 Å². The number of hydrogen-bond acceptors (Lipinski definition) is 2. The molecule has 1 aromatic rings. The van der Waals surface area contributed by atoms with Crippen molar-refractivity contribution in [1.29, 1.82) is 0 Å². The van der Waals surface area contributed by atoms with Gasteiger partial charge in [0.05, 0.1) is 5.41 Å². The maximum Gasteiger partial charge on any atom is 0.231 e. The predicted molar refractivity (Wildman–Crippen MR) is 85.9 cm³/mol. The molecule has 1 N–H and O–H groups in total. The first kappa shape index (κ1) is 15.8. The van der Waals surface area contributed by atoms with Gasteiger partial charge >= 0.3 is 0 Å². The van der Waals surface area contributed by atoms with Gasteiger partial charge in [-0.2, -0.15) is 0 Å². The van der Waals surface area contributed by atoms with E-state index in [9.17, 15) is 9.59 Å². The van der Waals surface area contributed by atoms with Crippen LogP contribution in [-0.4, -0.2) is 24.2 Å². The number of benzene rings is 1. The standard InChI is InChI=1S/C16H21ClN2O2/c1-11(20)19-8-4-5-12-6-7-13(9-14(12)19)18-15(21)16(2,3)10-17/h6-7,9H,4-5,8,10H2,1-3H3,(H,18,21). The number of carbonyl (C=O) groups is 2. The Morgan fingerprint density at radius 1 is 1.38 bits per heavy atom. The van der Waals surface area contributed by atoms with Crippen molar-refractivity contribution < 1.29 is 9.59 Å². The zero-order valence-electron chi connectivity index (χ0n) is 12.7. The van der Waals surface area contributed by atoms with E-state index in [0.717, 1.165) is 30.6 Å². The summed E-state index contributed by atoms with van der Waals surface area (Å²) in [6, 6.07) is 5.73. The van der Waals surface area contributed by atoms with Crippen LogP contribution in [0.3, 0.4) is 0 Å². The van der Waals surface area contributed by atoms with Crippen LogP contribution < -0.4 is 10.2 Å². The first-order valence-electron chi connectivity index (χ1n) is 7.13. The molecule has 4 nitrogen and oxygen atoms in total. The molecule has 0 saturated heterocycles. The number of amides is 2. The second kappa shape index (κ2) is 6.06. The van der Waals surface area contributed by atoms with Gasteiger partial charge in [-0.3, -0.25) is 9.59 Å². The third-order valence-electron chi connectivity index (χ3n) is 3.79. The number of hydrogen-bond donors (Lipinski definition) is 1. The Hall–Kier alpha value is -1.55. The third kappa shape index (κ3) is 3.38. The van der Waals surface area contributed by atoms with Crippen LogP contribution in [-0.2, 0) is 16.0 Å². The Balaban J connectivity index is 2.26. The van der Waals surface area contributed by atoms with E-state index in [1.165, 1.54) is 0 Å². The number of carbonyl (C=O) groups excluding carboxylic acids is 2. The average Bonchev–Trinajstić information content (AvgIpc) is 2.46. The average molecular weight is 309 g/mol. The van der Waals surface area contributed by atoms with Crippen molar-refractivity contribution in [2.45, 2.75) is 33.6 Å². The van der Waals surface area contributed by atoms with Crippen LogP contribution in [0, 0.1) is 5.41 Å². The van der Waals surface area contributed by atoms with Crippen LogP contribution >= 0.6 is 11.6 Å². The summed E-state index contributed by atoms with van der Waals surface area (Å²) in [5, 5.41) is 2.88. The van der Waals surface area contributed by atoms with Gasteiger partial charge < -0.3 is 10.2 Å². The van der Waals surface area contributed by atoms with Gasteiger partial charge in [0.15, 0.2) is 0 Å². The molecule has 1 aliphatic rings. The zero-order valence-corrected chi connectivity index (χ0v) is 13.5. The second-order valence-electron chi connectivity index (χ2n) is 6.09. The Kier molecular flexibility index (Phi) is 4.57. The fraction of sp³-hybridized carbons (Fsp3) is 0.500. The Labute approximate surface area is 130 Å². The molecule has 2 rings (SSSR count). The van der Waals surface area contributed by atoms with E-state index in [0.29, 0.717) is 5.69 Å². The highest BCUT2D eigenvalue weighted by Gasteiger charge is 2.27. The van der Waals surface area contributed by atoms with Gasteiger partial charge in [0, 0.05) is 30.7 Å². The molecular weight excluding hydrogens is 288 g/mol. The predicted octanol–water partition coefficient (Wildman–Crippen LogP) is 3.19. The molecule has 0 atom stereocenters. The Morgan fingerprint density at radius 3 is 2.71 bits per heavy atom. The second-order valence-corrected chi connectivity index (χ2v) is 6.36. The summed E-state index contributed by atoms with van der Waals surface area (Å²) in [5.41, 5.74) is 2.11. The summed E-state index contributed by atoms with van der Waals surface area (Å²) in [6.07, 6.45) is 1.93. The zero-order chi connectivity index (χ0) is 15.6. The van der Waals surface area contributed by atoms with Crippen LogP contribution in [0.25, 0.3) is 0 Å². The highest BCUT2D eigenvalue weighted by atomic mass is 35.5. The van der Waals surface area contributed by atoms with E-state index in [1.807, 2.05) is 18.2 Å². The van der Waals surface area contributed by atoms with Gasteiger partial charge in [-0.15, -0.1) is 11.6 Å². The van der Waals surface area contributed by atoms with E-state index in [1.54, 1.807) is 25.7 Å². The van der Waals surface area contributed by atoms with Gasteiger partial charge in [0.1, 0.15) is 0 Å². The molecule has 0 radical (unpaired) electrons. The molecule has 0 saturated carbocycles. The smallest absolute Gasteiger partial charge is 0.231 e. The largest absolute Gasteiger partial charge is 0.326 e. The lowest BCUT2D eigenvalue weighted by atomic mass is 9.95. The highest BCUT2D eigenvalue weighted by molar-refractivity contribution is 6.20. The maximum atomic E-state index is 12.2. The molecule has 5 heteroatoms. The number of alkyl halides is 1. The Morgan fingerprint density at radius 2 is 2.10 bits per heavy atom. The summed E-state index contributed by atoms with van der Waals surface area (Å²) < 4.78 is 0. The fourth-order valence-corrected chi connectivity index (χ4v) is 2.46. The van der Waals surface area contributed by atoms with Crippen molar-refractivity contribution in [3.8, 4) is 0 Å². The van der Waals surface area contributed by atoms with Crippen molar-refractivity contribution >= 4 is 34.8 Å². The molecule has 114 valence electrons. The number of anilines is 2. The lowest BCUT2D eigenvalue weighted by Crippen LogP contribution is -2.34. The minimum absolute atomic E-state index is 0.0283. The quantitative estimate of drug-likeness (QED) is 0.872. The monoisotopic (exact) mass is 308 g/mol. The Bertz CT molecular complexity index is 569. The van der Waals surface area contributed by atoms with E-state index in [2.05, 4.69) is 5.32 Å². The SMILES string of the molecule is CC(=O)N1CCCc2ccc(NC(=O)C(C)(C)CCl)cc21. The normalized spacial score (nSPS) is 14.6. The van der Waals surface area contributed by atoms with Crippen molar-refractivity contribution in [3.63, 3.8) is 0 Å². The third-order valence-corrected chi connectivity index (χ3v) is 4.46. The molecule has 2 amide bonds. The topological polar surface area (TPSA) is 49.4 Å². The number of nitrogens with one attached hydrogen (secondary N) is 1. The molecule has 0 aliphatic carbocycles. The van der Waals surface area contributed by atoms with Crippen LogP contribution in [0.1, 0.15) is 32.8 Å². The minimum Gasteiger partial charge on any atom is -0.326 e. The van der Waals surface area contributed by atoms with Gasteiger partial charge in [0.25, 0.3) is 0 Å². The number of aryl methyl sites for hydroxylation is 1. The first-order valence-corrected chi connectivity index (χ1v) is 7.67. The van der Waals surface area contributed by atoms with E-state index in [4.69, 9.17) is 11.6 Å². The molecular formula is C16H21ClN2O2. The molecule has 1 aromatic carbocycles. The molecule has 0 aromatic heterocycles. The fourth-order valence-electron chi connectivity index (χ4n) is 2.34. The molecule has 0 unspecified atom stereocenters. The summed E-state index contributed by atoms with van der Waals surface area (Å²) in [6.45, 7) is 5.90. The molecule has 0 bridgehead atoms. The van der Waals surface area contributed by atoms with E-state index in [-0.39, 0.29) is 17.7 Å².